The molecule has 0 saturated heterocycles. The summed E-state index contributed by atoms with van der Waals surface area (Å²) in [6, 6.07) is 31.1. The third-order valence-electron chi connectivity index (χ3n) is 5.76. The van der Waals surface area contributed by atoms with Gasteiger partial charge in [0, 0.05) is 16.9 Å². The van der Waals surface area contributed by atoms with E-state index in [9.17, 15) is 5.26 Å². The zero-order chi connectivity index (χ0) is 24.1. The summed E-state index contributed by atoms with van der Waals surface area (Å²) in [4.78, 5) is 4.93. The zero-order valence-corrected chi connectivity index (χ0v) is 20.8. The summed E-state index contributed by atoms with van der Waals surface area (Å²) in [6.07, 6.45) is 0. The van der Waals surface area contributed by atoms with E-state index in [1.165, 1.54) is 11.1 Å². The molecule has 0 aliphatic rings. The van der Waals surface area contributed by atoms with Crippen LogP contribution in [0.5, 0.6) is 5.75 Å². The van der Waals surface area contributed by atoms with Crippen molar-refractivity contribution >= 4 is 11.8 Å². The van der Waals surface area contributed by atoms with Crippen molar-refractivity contribution in [1.29, 1.82) is 5.26 Å². The fourth-order valence-corrected chi connectivity index (χ4v) is 4.70. The van der Waals surface area contributed by atoms with Gasteiger partial charge in [-0.2, -0.15) is 5.26 Å². The van der Waals surface area contributed by atoms with Crippen LogP contribution in [0.15, 0.2) is 90.0 Å². The van der Waals surface area contributed by atoms with E-state index in [0.29, 0.717) is 5.56 Å². The second-order valence-electron chi connectivity index (χ2n) is 9.18. The lowest BCUT2D eigenvalue weighted by atomic mass is 9.87. The first-order valence-electron chi connectivity index (χ1n) is 11.3. The number of thioether (sulfide) groups is 1. The Kier molecular flexibility index (Phi) is 7.05. The second kappa shape index (κ2) is 10.2. The quantitative estimate of drug-likeness (QED) is 0.272. The van der Waals surface area contributed by atoms with E-state index < -0.39 is 0 Å². The molecular formula is C30H28N2OS. The van der Waals surface area contributed by atoms with Gasteiger partial charge in [-0.1, -0.05) is 75.4 Å². The van der Waals surface area contributed by atoms with Crippen LogP contribution in [0.4, 0.5) is 0 Å². The van der Waals surface area contributed by atoms with Crippen LogP contribution in [-0.2, 0) is 11.2 Å². The van der Waals surface area contributed by atoms with E-state index >= 15 is 0 Å². The maximum Gasteiger partial charge on any atom is 0.118 e. The van der Waals surface area contributed by atoms with Crippen LogP contribution in [0.1, 0.15) is 37.5 Å². The van der Waals surface area contributed by atoms with Gasteiger partial charge in [0.2, 0.25) is 0 Å². The Hall–Kier alpha value is -3.55. The fraction of sp³-hybridized carbons (Fsp3) is 0.200. The van der Waals surface area contributed by atoms with Gasteiger partial charge in [-0.15, -0.1) is 11.8 Å². The molecule has 1 aromatic heterocycles. The zero-order valence-electron chi connectivity index (χ0n) is 20.0. The highest BCUT2D eigenvalue weighted by atomic mass is 32.2. The monoisotopic (exact) mass is 464 g/mol. The van der Waals surface area contributed by atoms with E-state index in [0.717, 1.165) is 38.9 Å². The Morgan fingerprint density at radius 1 is 0.882 bits per heavy atom. The van der Waals surface area contributed by atoms with Gasteiger partial charge in [-0.05, 0) is 52.4 Å². The van der Waals surface area contributed by atoms with E-state index in [1.54, 1.807) is 18.9 Å². The summed E-state index contributed by atoms with van der Waals surface area (Å²) >= 11 is 1.61. The van der Waals surface area contributed by atoms with Crippen molar-refractivity contribution in [3.63, 3.8) is 0 Å². The number of pyridine rings is 1. The summed E-state index contributed by atoms with van der Waals surface area (Å²) in [6.45, 7) is 6.65. The number of aromatic nitrogens is 1. The molecule has 0 amide bonds. The van der Waals surface area contributed by atoms with Crippen LogP contribution in [0.25, 0.3) is 22.4 Å². The predicted octanol–water partition coefficient (Wildman–Crippen LogP) is 7.89. The van der Waals surface area contributed by atoms with Gasteiger partial charge < -0.3 is 4.74 Å². The second-order valence-corrected chi connectivity index (χ2v) is 10.1. The normalized spacial score (nSPS) is 11.1. The molecule has 1 heterocycles. The lowest BCUT2D eigenvalue weighted by Gasteiger charge is -2.19. The van der Waals surface area contributed by atoms with Crippen LogP contribution in [-0.4, -0.2) is 12.1 Å². The highest BCUT2D eigenvalue weighted by molar-refractivity contribution is 7.98. The smallest absolute Gasteiger partial charge is 0.118 e. The SMILES string of the molecule is COc1ccc(-c2cc(-c3ccccc3)c(C#N)c(SCc3ccc(C(C)(C)C)cc3)n2)cc1. The minimum absolute atomic E-state index is 0.123. The Morgan fingerprint density at radius 2 is 1.56 bits per heavy atom. The molecule has 0 aliphatic carbocycles. The van der Waals surface area contributed by atoms with E-state index in [4.69, 9.17) is 9.72 Å². The molecule has 0 aliphatic heterocycles. The van der Waals surface area contributed by atoms with Crippen LogP contribution >= 0.6 is 11.8 Å². The number of benzene rings is 3. The Morgan fingerprint density at radius 3 is 2.15 bits per heavy atom. The van der Waals surface area contributed by atoms with Gasteiger partial charge in [0.15, 0.2) is 0 Å². The average Bonchev–Trinajstić information content (AvgIpc) is 2.87. The van der Waals surface area contributed by atoms with Crippen molar-refractivity contribution in [2.75, 3.05) is 7.11 Å². The predicted molar refractivity (Wildman–Crippen MR) is 141 cm³/mol. The maximum atomic E-state index is 10.1. The largest absolute Gasteiger partial charge is 0.497 e. The van der Waals surface area contributed by atoms with Gasteiger partial charge in [-0.25, -0.2) is 4.98 Å². The van der Waals surface area contributed by atoms with Crippen LogP contribution < -0.4 is 4.74 Å². The first-order valence-corrected chi connectivity index (χ1v) is 12.2. The summed E-state index contributed by atoms with van der Waals surface area (Å²) in [7, 11) is 1.66. The molecule has 4 aromatic rings. The minimum Gasteiger partial charge on any atom is -0.497 e. The first-order chi connectivity index (χ1) is 16.4. The number of hydrogen-bond donors (Lipinski definition) is 0. The Bertz CT molecular complexity index is 1300. The van der Waals surface area contributed by atoms with Gasteiger partial charge in [-0.3, -0.25) is 0 Å². The standard InChI is InChI=1S/C30H28N2OS/c1-30(2,3)24-14-10-21(11-15-24)20-34-29-27(19-31)26(22-8-6-5-7-9-22)18-28(32-29)23-12-16-25(33-4)17-13-23/h5-18H,20H2,1-4H3. The summed E-state index contributed by atoms with van der Waals surface area (Å²) < 4.78 is 5.31. The van der Waals surface area contributed by atoms with Crippen molar-refractivity contribution in [2.45, 2.75) is 37.0 Å². The van der Waals surface area contributed by atoms with Crippen LogP contribution in [0.2, 0.25) is 0 Å². The molecular weight excluding hydrogens is 436 g/mol. The molecule has 0 bridgehead atoms. The molecule has 0 radical (unpaired) electrons. The van der Waals surface area contributed by atoms with Crippen LogP contribution in [0.3, 0.4) is 0 Å². The third-order valence-corrected chi connectivity index (χ3v) is 6.81. The number of ether oxygens (including phenoxy) is 1. The van der Waals surface area contributed by atoms with Gasteiger partial charge in [0.1, 0.15) is 16.8 Å². The van der Waals surface area contributed by atoms with Gasteiger partial charge >= 0.3 is 0 Å². The molecule has 4 heteroatoms. The highest BCUT2D eigenvalue weighted by Crippen LogP contribution is 2.36. The number of methoxy groups -OCH3 is 1. The van der Waals surface area contributed by atoms with Crippen molar-refractivity contribution < 1.29 is 4.74 Å². The lowest BCUT2D eigenvalue weighted by molar-refractivity contribution is 0.415. The molecule has 4 rings (SSSR count). The fourth-order valence-electron chi connectivity index (χ4n) is 3.74. The molecule has 0 saturated carbocycles. The maximum absolute atomic E-state index is 10.1. The topological polar surface area (TPSA) is 45.9 Å². The van der Waals surface area contributed by atoms with E-state index in [-0.39, 0.29) is 5.41 Å². The molecule has 3 aromatic carbocycles. The highest BCUT2D eigenvalue weighted by Gasteiger charge is 2.17. The number of nitrogens with zero attached hydrogens (tertiary/aromatic N) is 2. The molecule has 0 spiro atoms. The van der Waals surface area contributed by atoms with Crippen molar-refractivity contribution in [1.82, 2.24) is 4.98 Å². The minimum atomic E-state index is 0.123. The van der Waals surface area contributed by atoms with Crippen molar-refractivity contribution in [2.24, 2.45) is 0 Å². The summed E-state index contributed by atoms with van der Waals surface area (Å²) in [5.41, 5.74) is 6.98. The van der Waals surface area contributed by atoms with Crippen LogP contribution in [0, 0.1) is 11.3 Å². The first kappa shape index (κ1) is 23.6. The number of nitriles is 1. The number of rotatable bonds is 6. The molecule has 34 heavy (non-hydrogen) atoms. The van der Waals surface area contributed by atoms with E-state index in [1.807, 2.05) is 60.7 Å². The van der Waals surface area contributed by atoms with Gasteiger partial charge in [0.25, 0.3) is 0 Å². The number of hydrogen-bond acceptors (Lipinski definition) is 4. The average molecular weight is 465 g/mol. The summed E-state index contributed by atoms with van der Waals surface area (Å²) in [5.74, 6) is 1.54. The lowest BCUT2D eigenvalue weighted by Crippen LogP contribution is -2.10. The third kappa shape index (κ3) is 5.32. The molecule has 0 fully saturated rings. The summed E-state index contributed by atoms with van der Waals surface area (Å²) in [5, 5.41) is 10.8. The van der Waals surface area contributed by atoms with Crippen molar-refractivity contribution in [3.8, 4) is 34.2 Å². The van der Waals surface area contributed by atoms with E-state index in [2.05, 4.69) is 51.1 Å². The Balaban J connectivity index is 1.73. The molecule has 0 N–H and O–H groups in total. The molecule has 3 nitrogen and oxygen atoms in total. The Labute approximate surface area is 206 Å². The molecule has 0 unspecified atom stereocenters. The molecule has 0 atom stereocenters. The van der Waals surface area contributed by atoms with Crippen molar-refractivity contribution in [3.05, 3.63) is 102 Å². The van der Waals surface area contributed by atoms with Gasteiger partial charge in [0.05, 0.1) is 18.4 Å². The molecule has 170 valence electrons.